The minimum absolute atomic E-state index is 0.0506. The molecule has 1 aliphatic heterocycles. The molecule has 150 valence electrons. The van der Waals surface area contributed by atoms with Crippen LogP contribution in [0.3, 0.4) is 0 Å². The van der Waals surface area contributed by atoms with E-state index in [-0.39, 0.29) is 24.2 Å². The predicted molar refractivity (Wildman–Crippen MR) is 103 cm³/mol. The first kappa shape index (κ1) is 18.8. The number of ether oxygens (including phenoxy) is 1. The van der Waals surface area contributed by atoms with Gasteiger partial charge in [-0.25, -0.2) is 17.9 Å². The van der Waals surface area contributed by atoms with Gasteiger partial charge in [-0.2, -0.15) is 5.10 Å². The number of nitrogens with zero attached hydrogens (tertiary/aromatic N) is 1. The van der Waals surface area contributed by atoms with Crippen molar-refractivity contribution in [2.75, 3.05) is 5.32 Å². The number of hydrogen-bond acceptors (Lipinski definition) is 6. The van der Waals surface area contributed by atoms with Crippen LogP contribution in [0.4, 0.5) is 16.3 Å². The number of nitrogens with one attached hydrogen (secondary N) is 4. The Morgan fingerprint density at radius 3 is 2.82 bits per heavy atom. The van der Waals surface area contributed by atoms with E-state index >= 15 is 0 Å². The van der Waals surface area contributed by atoms with Gasteiger partial charge in [0.2, 0.25) is 10.0 Å². The minimum Gasteiger partial charge on any atom is -0.446 e. The molecule has 2 aliphatic rings. The number of H-pyrrole nitrogens is 1. The van der Waals surface area contributed by atoms with Crippen molar-refractivity contribution >= 4 is 27.6 Å². The lowest BCUT2D eigenvalue weighted by atomic mass is 9.80. The Hall–Kier alpha value is -2.59. The maximum absolute atomic E-state index is 12.0. The molecule has 0 atom stereocenters. The smallest absolute Gasteiger partial charge is 0.407 e. The molecule has 2 aromatic rings. The van der Waals surface area contributed by atoms with Crippen LogP contribution in [0, 0.1) is 0 Å². The largest absolute Gasteiger partial charge is 0.446 e. The summed E-state index contributed by atoms with van der Waals surface area (Å²) < 4.78 is 31.8. The van der Waals surface area contributed by atoms with Crippen LogP contribution >= 0.6 is 0 Å². The number of alkyl carbamates (subject to hydrolysis) is 1. The molecule has 0 saturated heterocycles. The molecule has 4 rings (SSSR count). The molecule has 2 heterocycles. The molecule has 9 nitrogen and oxygen atoms in total. The Labute approximate surface area is 163 Å². The SMILES string of the molecule is CC(C)NC(=O)OC1CC(c2cc(Nc3ccc4c(c3)S(=O)(=O)NC4)n[nH]2)C1. The zero-order chi connectivity index (χ0) is 19.9. The Bertz CT molecular complexity index is 995. The van der Waals surface area contributed by atoms with Gasteiger partial charge in [0.1, 0.15) is 6.10 Å². The van der Waals surface area contributed by atoms with Crippen molar-refractivity contribution in [3.63, 3.8) is 0 Å². The molecule has 4 N–H and O–H groups in total. The summed E-state index contributed by atoms with van der Waals surface area (Å²) in [5.41, 5.74) is 2.38. The maximum Gasteiger partial charge on any atom is 0.407 e. The van der Waals surface area contributed by atoms with Crippen LogP contribution in [0.5, 0.6) is 0 Å². The standard InChI is InChI=1S/C18H23N5O4S/c1-10(2)20-18(24)27-14-5-12(6-14)15-8-17(23-22-15)21-13-4-3-11-9-19-28(25,26)16(11)7-13/h3-4,7-8,10,12,14,19H,5-6,9H2,1-2H3,(H,20,24)(H2,21,22,23). The van der Waals surface area contributed by atoms with Crippen LogP contribution in [0.1, 0.15) is 43.9 Å². The Balaban J connectivity index is 1.34. The van der Waals surface area contributed by atoms with E-state index in [9.17, 15) is 13.2 Å². The number of amides is 1. The third-order valence-corrected chi connectivity index (χ3v) is 6.38. The molecule has 1 amide bonds. The van der Waals surface area contributed by atoms with E-state index in [4.69, 9.17) is 4.74 Å². The molecule has 1 aromatic heterocycles. The molecule has 0 unspecified atom stereocenters. The third kappa shape index (κ3) is 3.83. The van der Waals surface area contributed by atoms with Gasteiger partial charge in [-0.05, 0) is 44.4 Å². The van der Waals surface area contributed by atoms with Gasteiger partial charge < -0.3 is 15.4 Å². The average molecular weight is 405 g/mol. The lowest BCUT2D eigenvalue weighted by molar-refractivity contribution is 0.0374. The van der Waals surface area contributed by atoms with Crippen LogP contribution in [0.2, 0.25) is 0 Å². The zero-order valence-electron chi connectivity index (χ0n) is 15.7. The van der Waals surface area contributed by atoms with E-state index in [2.05, 4.69) is 25.6 Å². The molecule has 0 spiro atoms. The van der Waals surface area contributed by atoms with Gasteiger partial charge in [0.05, 0.1) is 4.90 Å². The van der Waals surface area contributed by atoms with Gasteiger partial charge in [0, 0.05) is 36.0 Å². The van der Waals surface area contributed by atoms with Crippen molar-refractivity contribution < 1.29 is 17.9 Å². The Kier molecular flexibility index (Phi) is 4.76. The van der Waals surface area contributed by atoms with E-state index in [1.807, 2.05) is 26.0 Å². The number of anilines is 2. The summed E-state index contributed by atoms with van der Waals surface area (Å²) in [4.78, 5) is 11.9. The molecule has 0 radical (unpaired) electrons. The van der Waals surface area contributed by atoms with Gasteiger partial charge in [-0.15, -0.1) is 0 Å². The Morgan fingerprint density at radius 2 is 2.07 bits per heavy atom. The number of hydrogen-bond donors (Lipinski definition) is 4. The van der Waals surface area contributed by atoms with Crippen molar-refractivity contribution in [3.8, 4) is 0 Å². The first-order chi connectivity index (χ1) is 13.3. The molecule has 1 fully saturated rings. The number of aromatic amines is 1. The van der Waals surface area contributed by atoms with Gasteiger partial charge in [0.25, 0.3) is 0 Å². The molecule has 0 bridgehead atoms. The summed E-state index contributed by atoms with van der Waals surface area (Å²) in [6.45, 7) is 4.10. The fourth-order valence-electron chi connectivity index (χ4n) is 3.37. The highest BCUT2D eigenvalue weighted by Gasteiger charge is 2.34. The highest BCUT2D eigenvalue weighted by molar-refractivity contribution is 7.89. The Morgan fingerprint density at radius 1 is 1.29 bits per heavy atom. The topological polar surface area (TPSA) is 125 Å². The second-order valence-corrected chi connectivity index (χ2v) is 9.21. The van der Waals surface area contributed by atoms with Gasteiger partial charge in [-0.3, -0.25) is 5.10 Å². The molecule has 28 heavy (non-hydrogen) atoms. The summed E-state index contributed by atoms with van der Waals surface area (Å²) >= 11 is 0. The van der Waals surface area contributed by atoms with Gasteiger partial charge >= 0.3 is 6.09 Å². The monoisotopic (exact) mass is 405 g/mol. The number of aromatic nitrogens is 2. The summed E-state index contributed by atoms with van der Waals surface area (Å²) in [5, 5.41) is 13.1. The number of benzene rings is 1. The van der Waals surface area contributed by atoms with E-state index < -0.39 is 10.0 Å². The van der Waals surface area contributed by atoms with Crippen LogP contribution < -0.4 is 15.4 Å². The normalized spacial score (nSPS) is 22.4. The third-order valence-electron chi connectivity index (χ3n) is 4.89. The summed E-state index contributed by atoms with van der Waals surface area (Å²) in [6.07, 6.45) is 1.02. The molecule has 10 heteroatoms. The van der Waals surface area contributed by atoms with Crippen LogP contribution in [0.25, 0.3) is 0 Å². The number of rotatable bonds is 5. The molecule has 1 saturated carbocycles. The van der Waals surface area contributed by atoms with Gasteiger partial charge in [0.15, 0.2) is 5.82 Å². The van der Waals surface area contributed by atoms with Crippen LogP contribution in [-0.4, -0.2) is 36.9 Å². The predicted octanol–water partition coefficient (Wildman–Crippen LogP) is 2.33. The lowest BCUT2D eigenvalue weighted by Crippen LogP contribution is -2.38. The second kappa shape index (κ2) is 7.10. The van der Waals surface area contributed by atoms with Crippen molar-refractivity contribution in [1.82, 2.24) is 20.2 Å². The number of fused-ring (bicyclic) bond motifs is 1. The lowest BCUT2D eigenvalue weighted by Gasteiger charge is -2.33. The van der Waals surface area contributed by atoms with E-state index in [0.29, 0.717) is 22.9 Å². The first-order valence-electron chi connectivity index (χ1n) is 9.22. The molecular formula is C18H23N5O4S. The summed E-state index contributed by atoms with van der Waals surface area (Å²) in [5.74, 6) is 0.865. The number of carbonyl (C=O) groups excluding carboxylic acids is 1. The van der Waals surface area contributed by atoms with E-state index in [0.717, 1.165) is 24.1 Å². The van der Waals surface area contributed by atoms with Crippen molar-refractivity contribution in [2.45, 2.75) is 56.2 Å². The number of sulfonamides is 1. The fraction of sp³-hybridized carbons (Fsp3) is 0.444. The second-order valence-electron chi connectivity index (χ2n) is 7.48. The van der Waals surface area contributed by atoms with Gasteiger partial charge in [-0.1, -0.05) is 6.07 Å². The highest BCUT2D eigenvalue weighted by atomic mass is 32.2. The fourth-order valence-corrected chi connectivity index (χ4v) is 4.64. The zero-order valence-corrected chi connectivity index (χ0v) is 16.5. The first-order valence-corrected chi connectivity index (χ1v) is 10.7. The van der Waals surface area contributed by atoms with Crippen molar-refractivity contribution in [2.24, 2.45) is 0 Å². The van der Waals surface area contributed by atoms with Crippen molar-refractivity contribution in [1.29, 1.82) is 0 Å². The molecular weight excluding hydrogens is 382 g/mol. The summed E-state index contributed by atoms with van der Waals surface area (Å²) in [7, 11) is -3.41. The average Bonchev–Trinajstić information content (AvgIpc) is 3.15. The van der Waals surface area contributed by atoms with Crippen molar-refractivity contribution in [3.05, 3.63) is 35.5 Å². The quantitative estimate of drug-likeness (QED) is 0.605. The van der Waals surface area contributed by atoms with Crippen LogP contribution in [0.15, 0.2) is 29.2 Å². The molecule has 1 aromatic carbocycles. The molecule has 1 aliphatic carbocycles. The van der Waals surface area contributed by atoms with E-state index in [1.165, 1.54) is 0 Å². The maximum atomic E-state index is 12.0. The van der Waals surface area contributed by atoms with Crippen LogP contribution in [-0.2, 0) is 21.3 Å². The van der Waals surface area contributed by atoms with E-state index in [1.54, 1.807) is 12.1 Å². The number of carbonyl (C=O) groups is 1. The highest BCUT2D eigenvalue weighted by Crippen LogP contribution is 2.38. The summed E-state index contributed by atoms with van der Waals surface area (Å²) in [6, 6.07) is 7.18. The minimum atomic E-state index is -3.41.